The first-order valence-electron chi connectivity index (χ1n) is 10.2. The monoisotopic (exact) mass is 441 g/mol. The Hall–Kier alpha value is -2.97. The van der Waals surface area contributed by atoms with Crippen molar-refractivity contribution in [2.75, 3.05) is 13.1 Å². The number of carbonyl (C=O) groups excluding carboxylic acids is 1. The summed E-state index contributed by atoms with van der Waals surface area (Å²) in [5.41, 5.74) is 2.47. The van der Waals surface area contributed by atoms with Gasteiger partial charge in [0, 0.05) is 18.7 Å². The minimum atomic E-state index is -3.52. The third kappa shape index (κ3) is 4.70. The summed E-state index contributed by atoms with van der Waals surface area (Å²) >= 11 is 0. The predicted octanol–water partition coefficient (Wildman–Crippen LogP) is 4.17. The summed E-state index contributed by atoms with van der Waals surface area (Å²) in [5.74, 6) is 0.133. The van der Waals surface area contributed by atoms with Crippen LogP contribution in [0, 0.1) is 6.92 Å². The minimum absolute atomic E-state index is 0.236. The van der Waals surface area contributed by atoms with Crippen LogP contribution >= 0.6 is 0 Å². The number of benzene rings is 2. The van der Waals surface area contributed by atoms with E-state index in [4.69, 9.17) is 4.52 Å². The van der Waals surface area contributed by atoms with Crippen LogP contribution in [0.4, 0.5) is 0 Å². The first-order valence-corrected chi connectivity index (χ1v) is 11.7. The number of aryl methyl sites for hydroxylation is 1. The van der Waals surface area contributed by atoms with E-state index in [9.17, 15) is 13.2 Å². The van der Waals surface area contributed by atoms with E-state index in [0.717, 1.165) is 11.1 Å². The van der Waals surface area contributed by atoms with E-state index < -0.39 is 10.0 Å². The summed E-state index contributed by atoms with van der Waals surface area (Å²) in [7, 11) is -3.52. The van der Waals surface area contributed by atoms with Crippen LogP contribution in [0.5, 0.6) is 0 Å². The smallest absolute Gasteiger partial charge is 0.257 e. The van der Waals surface area contributed by atoms with Gasteiger partial charge >= 0.3 is 0 Å². The van der Waals surface area contributed by atoms with Gasteiger partial charge in [-0.1, -0.05) is 61.5 Å². The summed E-state index contributed by atoms with van der Waals surface area (Å²) in [6, 6.07) is 15.6. The van der Waals surface area contributed by atoms with E-state index in [1.165, 1.54) is 4.31 Å². The molecule has 1 aromatic heterocycles. The minimum Gasteiger partial charge on any atom is -0.360 e. The van der Waals surface area contributed by atoms with Crippen molar-refractivity contribution in [1.82, 2.24) is 14.8 Å². The summed E-state index contributed by atoms with van der Waals surface area (Å²) in [4.78, 5) is 13.2. The molecule has 0 aliphatic carbocycles. The molecular formula is C23H27N3O4S. The predicted molar refractivity (Wildman–Crippen MR) is 119 cm³/mol. The molecule has 1 amide bonds. The zero-order chi connectivity index (χ0) is 22.6. The van der Waals surface area contributed by atoms with Gasteiger partial charge in [-0.25, -0.2) is 8.42 Å². The summed E-state index contributed by atoms with van der Waals surface area (Å²) < 4.78 is 32.0. The lowest BCUT2D eigenvalue weighted by Gasteiger charge is -2.19. The van der Waals surface area contributed by atoms with Crippen LogP contribution in [0.15, 0.2) is 64.0 Å². The topological polar surface area (TPSA) is 92.5 Å². The highest BCUT2D eigenvalue weighted by atomic mass is 32.2. The normalized spacial score (nSPS) is 12.7. The SMILES string of the molecule is CCN(CC)S(=O)(=O)c1ccc(C(C)NC(=O)c2c(-c3ccccc3)noc2C)cc1. The second kappa shape index (κ2) is 9.45. The Morgan fingerprint density at radius 1 is 1.06 bits per heavy atom. The Morgan fingerprint density at radius 3 is 2.26 bits per heavy atom. The molecule has 1 unspecified atom stereocenters. The van der Waals surface area contributed by atoms with Crippen LogP contribution in [0.1, 0.15) is 48.5 Å². The van der Waals surface area contributed by atoms with Gasteiger partial charge in [-0.05, 0) is 31.5 Å². The molecule has 1 N–H and O–H groups in total. The zero-order valence-electron chi connectivity index (χ0n) is 18.1. The van der Waals surface area contributed by atoms with Gasteiger partial charge in [-0.2, -0.15) is 4.31 Å². The molecule has 0 spiro atoms. The molecule has 2 aromatic carbocycles. The highest BCUT2D eigenvalue weighted by Crippen LogP contribution is 2.26. The Bertz CT molecular complexity index is 1140. The van der Waals surface area contributed by atoms with Gasteiger partial charge in [0.15, 0.2) is 0 Å². The second-order valence-corrected chi connectivity index (χ2v) is 9.12. The summed E-state index contributed by atoms with van der Waals surface area (Å²) in [5, 5.41) is 7.01. The Labute approximate surface area is 183 Å². The van der Waals surface area contributed by atoms with Gasteiger partial charge in [-0.15, -0.1) is 0 Å². The molecule has 0 saturated heterocycles. The number of hydrogen-bond donors (Lipinski definition) is 1. The van der Waals surface area contributed by atoms with Gasteiger partial charge < -0.3 is 9.84 Å². The standard InChI is InChI=1S/C23H27N3O4S/c1-5-26(6-2)31(28,29)20-14-12-18(13-15-20)16(3)24-23(27)21-17(4)30-25-22(21)19-10-8-7-9-11-19/h7-16H,5-6H2,1-4H3,(H,24,27). The van der Waals surface area contributed by atoms with Crippen LogP contribution in [0.2, 0.25) is 0 Å². The van der Waals surface area contributed by atoms with Crippen molar-refractivity contribution in [3.05, 3.63) is 71.5 Å². The van der Waals surface area contributed by atoms with Crippen molar-refractivity contribution in [1.29, 1.82) is 0 Å². The third-order valence-corrected chi connectivity index (χ3v) is 7.27. The van der Waals surface area contributed by atoms with Crippen LogP contribution in [-0.2, 0) is 10.0 Å². The van der Waals surface area contributed by atoms with Crippen LogP contribution in [-0.4, -0.2) is 36.9 Å². The number of hydrogen-bond acceptors (Lipinski definition) is 5. The first-order chi connectivity index (χ1) is 14.8. The lowest BCUT2D eigenvalue weighted by Crippen LogP contribution is -2.30. The number of amides is 1. The number of nitrogens with one attached hydrogen (secondary N) is 1. The molecule has 0 radical (unpaired) electrons. The second-order valence-electron chi connectivity index (χ2n) is 7.18. The summed E-state index contributed by atoms with van der Waals surface area (Å²) in [6.07, 6.45) is 0. The van der Waals surface area contributed by atoms with Gasteiger partial charge in [0.1, 0.15) is 17.0 Å². The maximum absolute atomic E-state index is 13.0. The summed E-state index contributed by atoms with van der Waals surface area (Å²) in [6.45, 7) is 7.99. The lowest BCUT2D eigenvalue weighted by molar-refractivity contribution is 0.0939. The number of carbonyl (C=O) groups is 1. The van der Waals surface area contributed by atoms with Crippen LogP contribution in [0.3, 0.4) is 0 Å². The van der Waals surface area contributed by atoms with E-state index in [0.29, 0.717) is 30.1 Å². The van der Waals surface area contributed by atoms with Crippen molar-refractivity contribution in [2.24, 2.45) is 0 Å². The number of aromatic nitrogens is 1. The van der Waals surface area contributed by atoms with Crippen molar-refractivity contribution in [3.63, 3.8) is 0 Å². The van der Waals surface area contributed by atoms with Gasteiger partial charge in [0.25, 0.3) is 5.91 Å². The van der Waals surface area contributed by atoms with Crippen molar-refractivity contribution in [3.8, 4) is 11.3 Å². The molecule has 8 heteroatoms. The molecule has 31 heavy (non-hydrogen) atoms. The van der Waals surface area contributed by atoms with E-state index in [1.807, 2.05) is 51.1 Å². The Morgan fingerprint density at radius 2 is 1.68 bits per heavy atom. The molecule has 7 nitrogen and oxygen atoms in total. The average molecular weight is 442 g/mol. The molecule has 3 aromatic rings. The Balaban J connectivity index is 1.79. The highest BCUT2D eigenvalue weighted by molar-refractivity contribution is 7.89. The van der Waals surface area contributed by atoms with E-state index in [1.54, 1.807) is 31.2 Å². The van der Waals surface area contributed by atoms with E-state index in [2.05, 4.69) is 10.5 Å². The molecular weight excluding hydrogens is 414 g/mol. The fourth-order valence-electron chi connectivity index (χ4n) is 3.43. The first kappa shape index (κ1) is 22.7. The number of rotatable bonds is 8. The molecule has 164 valence electrons. The average Bonchev–Trinajstić information content (AvgIpc) is 3.16. The molecule has 1 heterocycles. The van der Waals surface area contributed by atoms with Crippen molar-refractivity contribution < 1.29 is 17.7 Å². The van der Waals surface area contributed by atoms with Gasteiger partial charge in [0.05, 0.1) is 10.9 Å². The van der Waals surface area contributed by atoms with Crippen LogP contribution in [0.25, 0.3) is 11.3 Å². The van der Waals surface area contributed by atoms with Crippen molar-refractivity contribution >= 4 is 15.9 Å². The molecule has 0 aliphatic rings. The van der Waals surface area contributed by atoms with Crippen LogP contribution < -0.4 is 5.32 Å². The zero-order valence-corrected chi connectivity index (χ0v) is 18.9. The molecule has 0 fully saturated rings. The number of nitrogens with zero attached hydrogens (tertiary/aromatic N) is 2. The molecule has 3 rings (SSSR count). The molecule has 0 saturated carbocycles. The lowest BCUT2D eigenvalue weighted by atomic mass is 10.0. The number of sulfonamides is 1. The third-order valence-electron chi connectivity index (χ3n) is 5.21. The Kier molecular flexibility index (Phi) is 6.92. The quantitative estimate of drug-likeness (QED) is 0.566. The van der Waals surface area contributed by atoms with Gasteiger partial charge in [0.2, 0.25) is 10.0 Å². The maximum Gasteiger partial charge on any atom is 0.257 e. The fourth-order valence-corrected chi connectivity index (χ4v) is 4.88. The van der Waals surface area contributed by atoms with Crippen molar-refractivity contribution in [2.45, 2.75) is 38.6 Å². The van der Waals surface area contributed by atoms with Gasteiger partial charge in [-0.3, -0.25) is 4.79 Å². The molecule has 1 atom stereocenters. The highest BCUT2D eigenvalue weighted by Gasteiger charge is 2.24. The van der Waals surface area contributed by atoms with E-state index in [-0.39, 0.29) is 16.8 Å². The largest absolute Gasteiger partial charge is 0.360 e. The molecule has 0 bridgehead atoms. The maximum atomic E-state index is 13.0. The van der Waals surface area contributed by atoms with E-state index >= 15 is 0 Å². The molecule has 0 aliphatic heterocycles. The fraction of sp³-hybridized carbons (Fsp3) is 0.304.